The largest absolute Gasteiger partial charge is 0.351 e. The van der Waals surface area contributed by atoms with Crippen LogP contribution in [0.2, 0.25) is 0 Å². The first-order chi connectivity index (χ1) is 10.3. The molecule has 0 spiro atoms. The number of benzene rings is 1. The summed E-state index contributed by atoms with van der Waals surface area (Å²) >= 11 is 0. The summed E-state index contributed by atoms with van der Waals surface area (Å²) in [6.07, 6.45) is 5.75. The van der Waals surface area contributed by atoms with Gasteiger partial charge in [0, 0.05) is 18.9 Å². The Balaban J connectivity index is 1.51. The van der Waals surface area contributed by atoms with Gasteiger partial charge in [-0.15, -0.1) is 0 Å². The molecule has 2 heterocycles. The second kappa shape index (κ2) is 6.54. The fourth-order valence-electron chi connectivity index (χ4n) is 2.56. The molecule has 1 aliphatic heterocycles. The molecule has 0 saturated carbocycles. The molecular weight excluding hydrogens is 264 g/mol. The lowest BCUT2D eigenvalue weighted by atomic mass is 10.1. The molecule has 21 heavy (non-hydrogen) atoms. The van der Waals surface area contributed by atoms with Crippen molar-refractivity contribution in [1.29, 1.82) is 0 Å². The Morgan fingerprint density at radius 3 is 2.81 bits per heavy atom. The average molecular weight is 284 g/mol. The summed E-state index contributed by atoms with van der Waals surface area (Å²) < 4.78 is 1.89. The molecule has 1 unspecified atom stereocenters. The van der Waals surface area contributed by atoms with Gasteiger partial charge in [0.25, 0.3) is 0 Å². The van der Waals surface area contributed by atoms with Crippen molar-refractivity contribution < 1.29 is 4.79 Å². The molecule has 1 amide bonds. The van der Waals surface area contributed by atoms with Crippen LogP contribution < -0.4 is 10.6 Å². The molecule has 3 rings (SSSR count). The van der Waals surface area contributed by atoms with Crippen LogP contribution in [0.15, 0.2) is 42.7 Å². The highest BCUT2D eigenvalue weighted by Crippen LogP contribution is 2.08. The molecule has 110 valence electrons. The highest BCUT2D eigenvalue weighted by Gasteiger charge is 2.21. The van der Waals surface area contributed by atoms with E-state index in [-0.39, 0.29) is 11.9 Å². The molecule has 2 N–H and O–H groups in total. The topological polar surface area (TPSA) is 59.0 Å². The molecule has 1 aromatic heterocycles. The highest BCUT2D eigenvalue weighted by molar-refractivity contribution is 5.81. The van der Waals surface area contributed by atoms with Crippen molar-refractivity contribution in [3.63, 3.8) is 0 Å². The highest BCUT2D eigenvalue weighted by atomic mass is 16.2. The Labute approximate surface area is 124 Å². The van der Waals surface area contributed by atoms with Crippen molar-refractivity contribution in [2.24, 2.45) is 0 Å². The number of nitrogens with zero attached hydrogens (tertiary/aromatic N) is 2. The molecule has 2 aromatic rings. The van der Waals surface area contributed by atoms with Crippen molar-refractivity contribution >= 4 is 5.91 Å². The maximum absolute atomic E-state index is 11.9. The third kappa shape index (κ3) is 3.70. The van der Waals surface area contributed by atoms with Crippen LogP contribution in [0.3, 0.4) is 0 Å². The molecule has 1 atom stereocenters. The minimum absolute atomic E-state index is 0.0101. The van der Waals surface area contributed by atoms with Crippen molar-refractivity contribution in [2.75, 3.05) is 6.54 Å². The molecule has 0 bridgehead atoms. The standard InChI is InChI=1S/C16H20N4O/c21-16(15-3-1-8-17-15)18-11-13-4-6-14(7-5-13)12-20-10-2-9-19-20/h2,4-7,9-10,15,17H,1,3,8,11-12H2,(H,18,21). The fourth-order valence-corrected chi connectivity index (χ4v) is 2.56. The lowest BCUT2D eigenvalue weighted by Crippen LogP contribution is -2.39. The van der Waals surface area contributed by atoms with E-state index >= 15 is 0 Å². The average Bonchev–Trinajstić information content (AvgIpc) is 3.19. The maximum Gasteiger partial charge on any atom is 0.237 e. The maximum atomic E-state index is 11.9. The van der Waals surface area contributed by atoms with Gasteiger partial charge in [0.1, 0.15) is 0 Å². The van der Waals surface area contributed by atoms with E-state index < -0.39 is 0 Å². The number of carbonyl (C=O) groups is 1. The van der Waals surface area contributed by atoms with E-state index in [1.54, 1.807) is 6.20 Å². The number of hydrogen-bond donors (Lipinski definition) is 2. The minimum atomic E-state index is -0.0101. The first kappa shape index (κ1) is 13.8. The van der Waals surface area contributed by atoms with Crippen LogP contribution in [-0.2, 0) is 17.9 Å². The SMILES string of the molecule is O=C(NCc1ccc(Cn2cccn2)cc1)C1CCCN1. The number of carbonyl (C=O) groups excluding carboxylic acids is 1. The molecular formula is C16H20N4O. The van der Waals surface area contributed by atoms with Gasteiger partial charge in [-0.25, -0.2) is 0 Å². The predicted molar refractivity (Wildman–Crippen MR) is 80.6 cm³/mol. The Morgan fingerprint density at radius 2 is 2.14 bits per heavy atom. The molecule has 0 aliphatic carbocycles. The van der Waals surface area contributed by atoms with E-state index in [9.17, 15) is 4.79 Å². The fraction of sp³-hybridized carbons (Fsp3) is 0.375. The second-order valence-electron chi connectivity index (χ2n) is 5.39. The van der Waals surface area contributed by atoms with Crippen LogP contribution in [0.25, 0.3) is 0 Å². The van der Waals surface area contributed by atoms with Gasteiger partial charge in [0.15, 0.2) is 0 Å². The summed E-state index contributed by atoms with van der Waals surface area (Å²) in [7, 11) is 0. The van der Waals surface area contributed by atoms with Crippen molar-refractivity contribution in [2.45, 2.75) is 32.0 Å². The Morgan fingerprint density at radius 1 is 1.33 bits per heavy atom. The van der Waals surface area contributed by atoms with Crippen molar-refractivity contribution in [3.05, 3.63) is 53.9 Å². The Hall–Kier alpha value is -2.14. The molecule has 1 saturated heterocycles. The van der Waals surface area contributed by atoms with E-state index in [1.165, 1.54) is 5.56 Å². The quantitative estimate of drug-likeness (QED) is 0.870. The van der Waals surface area contributed by atoms with Gasteiger partial charge in [0.05, 0.1) is 12.6 Å². The smallest absolute Gasteiger partial charge is 0.237 e. The zero-order chi connectivity index (χ0) is 14.5. The van der Waals surface area contributed by atoms with Gasteiger partial charge < -0.3 is 10.6 Å². The van der Waals surface area contributed by atoms with E-state index in [2.05, 4.69) is 40.0 Å². The monoisotopic (exact) mass is 284 g/mol. The molecule has 5 nitrogen and oxygen atoms in total. The minimum Gasteiger partial charge on any atom is -0.351 e. The van der Waals surface area contributed by atoms with Crippen molar-refractivity contribution in [3.8, 4) is 0 Å². The molecule has 1 aromatic carbocycles. The number of nitrogens with one attached hydrogen (secondary N) is 2. The van der Waals surface area contributed by atoms with Crippen LogP contribution in [0.4, 0.5) is 0 Å². The van der Waals surface area contributed by atoms with Gasteiger partial charge in [-0.2, -0.15) is 5.10 Å². The number of rotatable bonds is 5. The number of aromatic nitrogens is 2. The van der Waals surface area contributed by atoms with Crippen LogP contribution in [0.5, 0.6) is 0 Å². The van der Waals surface area contributed by atoms with Crippen LogP contribution in [0.1, 0.15) is 24.0 Å². The second-order valence-corrected chi connectivity index (χ2v) is 5.39. The summed E-state index contributed by atoms with van der Waals surface area (Å²) in [5.41, 5.74) is 2.32. The molecule has 0 radical (unpaired) electrons. The molecule has 1 aliphatic rings. The van der Waals surface area contributed by atoms with Gasteiger partial charge in [-0.1, -0.05) is 24.3 Å². The lowest BCUT2D eigenvalue weighted by Gasteiger charge is -2.11. The predicted octanol–water partition coefficient (Wildman–Crippen LogP) is 1.30. The van der Waals surface area contributed by atoms with Crippen molar-refractivity contribution in [1.82, 2.24) is 20.4 Å². The zero-order valence-electron chi connectivity index (χ0n) is 12.0. The third-order valence-electron chi connectivity index (χ3n) is 3.77. The van der Waals surface area contributed by atoms with Gasteiger partial charge in [0.2, 0.25) is 5.91 Å². The van der Waals surface area contributed by atoms with Crippen LogP contribution in [0, 0.1) is 0 Å². The zero-order valence-corrected chi connectivity index (χ0v) is 12.0. The number of hydrogen-bond acceptors (Lipinski definition) is 3. The Kier molecular flexibility index (Phi) is 4.31. The van der Waals surface area contributed by atoms with Crippen LogP contribution in [-0.4, -0.2) is 28.3 Å². The van der Waals surface area contributed by atoms with E-state index in [4.69, 9.17) is 0 Å². The van der Waals surface area contributed by atoms with Gasteiger partial charge in [-0.05, 0) is 36.6 Å². The summed E-state index contributed by atoms with van der Waals surface area (Å²) in [5, 5.41) is 10.4. The normalized spacial score (nSPS) is 17.8. The summed E-state index contributed by atoms with van der Waals surface area (Å²) in [4.78, 5) is 11.9. The lowest BCUT2D eigenvalue weighted by molar-refractivity contribution is -0.122. The Bertz CT molecular complexity index is 571. The van der Waals surface area contributed by atoms with E-state index in [0.717, 1.165) is 31.5 Å². The van der Waals surface area contributed by atoms with Crippen LogP contribution >= 0.6 is 0 Å². The van der Waals surface area contributed by atoms with Gasteiger partial charge >= 0.3 is 0 Å². The first-order valence-corrected chi connectivity index (χ1v) is 7.37. The summed E-state index contributed by atoms with van der Waals surface area (Å²) in [6.45, 7) is 2.30. The van der Waals surface area contributed by atoms with Gasteiger partial charge in [-0.3, -0.25) is 9.48 Å². The summed E-state index contributed by atoms with van der Waals surface area (Å²) in [5.74, 6) is 0.105. The molecule has 1 fully saturated rings. The first-order valence-electron chi connectivity index (χ1n) is 7.37. The number of amides is 1. The molecule has 5 heteroatoms. The summed E-state index contributed by atoms with van der Waals surface area (Å²) in [6, 6.07) is 10.2. The van der Waals surface area contributed by atoms with E-state index in [0.29, 0.717) is 6.54 Å². The van der Waals surface area contributed by atoms with E-state index in [1.807, 2.05) is 16.9 Å². The third-order valence-corrected chi connectivity index (χ3v) is 3.77.